The Morgan fingerprint density at radius 2 is 1.65 bits per heavy atom. The highest BCUT2D eigenvalue weighted by Crippen LogP contribution is 2.25. The van der Waals surface area contributed by atoms with Crippen LogP contribution in [0.2, 0.25) is 0 Å². The van der Waals surface area contributed by atoms with Gasteiger partial charge in [-0.2, -0.15) is 0 Å². The largest absolute Gasteiger partial charge is 0.323 e. The minimum Gasteiger partial charge on any atom is -0.323 e. The van der Waals surface area contributed by atoms with Gasteiger partial charge in [0.1, 0.15) is 0 Å². The molecule has 3 rings (SSSR count). The summed E-state index contributed by atoms with van der Waals surface area (Å²) in [6.07, 6.45) is 2.20. The Balaban J connectivity index is 1.60. The number of aryl methyl sites for hydroxylation is 1. The molecule has 0 bridgehead atoms. The quantitative estimate of drug-likeness (QED) is 0.401. The molecule has 0 aliphatic heterocycles. The van der Waals surface area contributed by atoms with E-state index in [-0.39, 0.29) is 11.4 Å². The molecule has 0 radical (unpaired) electrons. The molecule has 0 aliphatic rings. The first-order chi connectivity index (χ1) is 14.9. The van der Waals surface area contributed by atoms with Crippen LogP contribution in [0.3, 0.4) is 0 Å². The van der Waals surface area contributed by atoms with E-state index in [0.717, 1.165) is 17.7 Å². The van der Waals surface area contributed by atoms with E-state index in [2.05, 4.69) is 34.7 Å². The molecule has 3 aromatic rings. The number of rotatable bonds is 7. The third kappa shape index (κ3) is 5.96. The summed E-state index contributed by atoms with van der Waals surface area (Å²) in [5.41, 5.74) is 4.38. The minimum atomic E-state index is -0.431. The van der Waals surface area contributed by atoms with Crippen LogP contribution >= 0.6 is 11.3 Å². The molecule has 0 atom stereocenters. The average molecular weight is 434 g/mol. The first-order valence-corrected chi connectivity index (χ1v) is 10.7. The van der Waals surface area contributed by atoms with Gasteiger partial charge in [0.15, 0.2) is 10.9 Å². The predicted octanol–water partition coefficient (Wildman–Crippen LogP) is 5.10. The number of amides is 2. The van der Waals surface area contributed by atoms with E-state index < -0.39 is 11.8 Å². The Kier molecular flexibility index (Phi) is 7.10. The normalized spacial score (nSPS) is 11.1. The lowest BCUT2D eigenvalue weighted by Gasteiger charge is -2.05. The van der Waals surface area contributed by atoms with Crippen molar-refractivity contribution in [3.05, 3.63) is 76.7 Å². The molecular weight excluding hydrogens is 410 g/mol. The van der Waals surface area contributed by atoms with Crippen LogP contribution in [0.4, 0.5) is 10.8 Å². The summed E-state index contributed by atoms with van der Waals surface area (Å²) in [5.74, 6) is -0.878. The molecule has 2 amide bonds. The Bertz CT molecular complexity index is 1130. The number of anilines is 2. The molecule has 0 saturated heterocycles. The van der Waals surface area contributed by atoms with E-state index in [1.54, 1.807) is 31.2 Å². The van der Waals surface area contributed by atoms with Crippen LogP contribution in [-0.2, 0) is 16.0 Å². The lowest BCUT2D eigenvalue weighted by atomic mass is 10.1. The molecule has 1 heterocycles. The molecule has 2 N–H and O–H groups in total. The number of carbonyl (C=O) groups is 3. The van der Waals surface area contributed by atoms with Crippen molar-refractivity contribution in [1.82, 2.24) is 4.98 Å². The van der Waals surface area contributed by atoms with Crippen LogP contribution in [0, 0.1) is 0 Å². The molecule has 0 aliphatic carbocycles. The lowest BCUT2D eigenvalue weighted by molar-refractivity contribution is -0.114. The van der Waals surface area contributed by atoms with E-state index in [1.165, 1.54) is 29.9 Å². The van der Waals surface area contributed by atoms with Gasteiger partial charge in [-0.05, 0) is 50.1 Å². The van der Waals surface area contributed by atoms with E-state index in [0.29, 0.717) is 16.4 Å². The monoisotopic (exact) mass is 433 g/mol. The van der Waals surface area contributed by atoms with Gasteiger partial charge in [-0.3, -0.25) is 19.7 Å². The topological polar surface area (TPSA) is 88.2 Å². The third-order valence-corrected chi connectivity index (χ3v) is 5.41. The Labute approximate surface area is 185 Å². The first kappa shape index (κ1) is 22.1. The van der Waals surface area contributed by atoms with Crippen LogP contribution in [0.1, 0.15) is 36.7 Å². The Morgan fingerprint density at radius 3 is 2.26 bits per heavy atom. The van der Waals surface area contributed by atoms with E-state index >= 15 is 0 Å². The zero-order valence-corrected chi connectivity index (χ0v) is 18.4. The lowest BCUT2D eigenvalue weighted by Crippen LogP contribution is -2.16. The summed E-state index contributed by atoms with van der Waals surface area (Å²) in [5, 5.41) is 7.75. The average Bonchev–Trinajstić information content (AvgIpc) is 3.22. The molecule has 0 unspecified atom stereocenters. The first-order valence-electron chi connectivity index (χ1n) is 9.82. The molecule has 7 heteroatoms. The van der Waals surface area contributed by atoms with Gasteiger partial charge in [0, 0.05) is 33.8 Å². The Morgan fingerprint density at radius 1 is 0.968 bits per heavy atom. The van der Waals surface area contributed by atoms with E-state index in [9.17, 15) is 14.4 Å². The summed E-state index contributed by atoms with van der Waals surface area (Å²) in [7, 11) is 0. The summed E-state index contributed by atoms with van der Waals surface area (Å²) in [6.45, 7) is 5.14. The van der Waals surface area contributed by atoms with Crippen molar-refractivity contribution in [3.63, 3.8) is 0 Å². The number of nitrogens with zero attached hydrogens (tertiary/aromatic N) is 1. The molecule has 2 aromatic carbocycles. The van der Waals surface area contributed by atoms with Crippen molar-refractivity contribution in [3.8, 4) is 11.3 Å². The maximum Gasteiger partial charge on any atom is 0.253 e. The molecule has 0 fully saturated rings. The third-order valence-electron chi connectivity index (χ3n) is 4.65. The standard InChI is InChI=1S/C24H23N3O3S/c1-4-17-5-7-19(8-6-17)21-14-31-24(26-21)27-23(30)15(2)13-22(29)25-20-11-9-18(10-12-20)16(3)28/h5-14H,4H2,1-3H3,(H,25,29)(H,26,27,30)/b15-13-. The van der Waals surface area contributed by atoms with E-state index in [4.69, 9.17) is 0 Å². The van der Waals surface area contributed by atoms with Crippen LogP contribution in [0.15, 0.2) is 65.6 Å². The van der Waals surface area contributed by atoms with Gasteiger partial charge in [-0.1, -0.05) is 31.2 Å². The second kappa shape index (κ2) is 9.95. The zero-order valence-electron chi connectivity index (χ0n) is 17.6. The number of Topliss-reactive ketones (excluding diaryl/α,β-unsaturated/α-hetero) is 1. The minimum absolute atomic E-state index is 0.0476. The second-order valence-corrected chi connectivity index (χ2v) is 7.85. The molecule has 31 heavy (non-hydrogen) atoms. The molecular formula is C24H23N3O3S. The maximum atomic E-state index is 12.4. The highest BCUT2D eigenvalue weighted by Gasteiger charge is 2.11. The second-order valence-electron chi connectivity index (χ2n) is 6.99. The SMILES string of the molecule is CCc1ccc(-c2csc(NC(=O)/C(C)=C\C(=O)Nc3ccc(C(C)=O)cc3)n2)cc1. The summed E-state index contributed by atoms with van der Waals surface area (Å²) >= 11 is 1.33. The van der Waals surface area contributed by atoms with Crippen molar-refractivity contribution in [1.29, 1.82) is 0 Å². The van der Waals surface area contributed by atoms with Crippen LogP contribution < -0.4 is 10.6 Å². The molecule has 1 aromatic heterocycles. The van der Waals surface area contributed by atoms with Gasteiger partial charge >= 0.3 is 0 Å². The highest BCUT2D eigenvalue weighted by atomic mass is 32.1. The van der Waals surface area contributed by atoms with Gasteiger partial charge in [-0.15, -0.1) is 11.3 Å². The maximum absolute atomic E-state index is 12.4. The fourth-order valence-electron chi connectivity index (χ4n) is 2.80. The summed E-state index contributed by atoms with van der Waals surface area (Å²) < 4.78 is 0. The van der Waals surface area contributed by atoms with Gasteiger partial charge < -0.3 is 5.32 Å². The van der Waals surface area contributed by atoms with Crippen molar-refractivity contribution in [2.24, 2.45) is 0 Å². The number of ketones is 1. The van der Waals surface area contributed by atoms with Gasteiger partial charge in [0.05, 0.1) is 5.69 Å². The number of nitrogens with one attached hydrogen (secondary N) is 2. The van der Waals surface area contributed by atoms with Crippen molar-refractivity contribution in [2.45, 2.75) is 27.2 Å². The van der Waals surface area contributed by atoms with Crippen LogP contribution in [0.25, 0.3) is 11.3 Å². The van der Waals surface area contributed by atoms with Crippen molar-refractivity contribution in [2.75, 3.05) is 10.6 Å². The number of carbonyl (C=O) groups excluding carboxylic acids is 3. The van der Waals surface area contributed by atoms with Crippen molar-refractivity contribution < 1.29 is 14.4 Å². The fraction of sp³-hybridized carbons (Fsp3) is 0.167. The molecule has 158 valence electrons. The van der Waals surface area contributed by atoms with E-state index in [1.807, 2.05) is 17.5 Å². The number of hydrogen-bond acceptors (Lipinski definition) is 5. The predicted molar refractivity (Wildman–Crippen MR) is 124 cm³/mol. The number of benzene rings is 2. The fourth-order valence-corrected chi connectivity index (χ4v) is 3.51. The van der Waals surface area contributed by atoms with Gasteiger partial charge in [0.25, 0.3) is 5.91 Å². The number of aromatic nitrogens is 1. The molecule has 6 nitrogen and oxygen atoms in total. The number of hydrogen-bond donors (Lipinski definition) is 2. The van der Waals surface area contributed by atoms with Crippen LogP contribution in [0.5, 0.6) is 0 Å². The van der Waals surface area contributed by atoms with Crippen LogP contribution in [-0.4, -0.2) is 22.6 Å². The Hall–Kier alpha value is -3.58. The van der Waals surface area contributed by atoms with Gasteiger partial charge in [-0.25, -0.2) is 4.98 Å². The zero-order chi connectivity index (χ0) is 22.4. The molecule has 0 saturated carbocycles. The highest BCUT2D eigenvalue weighted by molar-refractivity contribution is 7.14. The smallest absolute Gasteiger partial charge is 0.253 e. The summed E-state index contributed by atoms with van der Waals surface area (Å²) in [4.78, 5) is 40.4. The van der Waals surface area contributed by atoms with Gasteiger partial charge in [0.2, 0.25) is 5.91 Å². The summed E-state index contributed by atoms with van der Waals surface area (Å²) in [6, 6.07) is 14.7. The van der Waals surface area contributed by atoms with Crippen molar-refractivity contribution >= 4 is 39.8 Å². The number of thiazole rings is 1. The molecule has 0 spiro atoms.